The predicted octanol–water partition coefficient (Wildman–Crippen LogP) is 3.83. The molecule has 2 heterocycles. The molecule has 0 aliphatic rings. The lowest BCUT2D eigenvalue weighted by atomic mass is 9.94. The van der Waals surface area contributed by atoms with Crippen LogP contribution in [0.15, 0.2) is 77.9 Å². The molecule has 30 heavy (non-hydrogen) atoms. The van der Waals surface area contributed by atoms with E-state index in [-0.39, 0.29) is 23.6 Å². The van der Waals surface area contributed by atoms with Gasteiger partial charge in [0.15, 0.2) is 0 Å². The topological polar surface area (TPSA) is 75.1 Å². The van der Waals surface area contributed by atoms with Crippen LogP contribution in [0.25, 0.3) is 16.6 Å². The highest BCUT2D eigenvalue weighted by atomic mass is 16.5. The Balaban J connectivity index is 1.68. The van der Waals surface area contributed by atoms with Crippen LogP contribution in [0.4, 0.5) is 0 Å². The second-order valence-electron chi connectivity index (χ2n) is 7.88. The molecule has 0 spiro atoms. The smallest absolute Gasteiger partial charge is 0.250 e. The van der Waals surface area contributed by atoms with E-state index in [0.29, 0.717) is 0 Å². The van der Waals surface area contributed by atoms with Gasteiger partial charge in [0.25, 0.3) is 0 Å². The van der Waals surface area contributed by atoms with Crippen LogP contribution in [-0.2, 0) is 7.05 Å². The largest absolute Gasteiger partial charge is 0.484 e. The summed E-state index contributed by atoms with van der Waals surface area (Å²) in [5, 5.41) is 5.45. The van der Waals surface area contributed by atoms with Crippen LogP contribution in [-0.4, -0.2) is 20.4 Å². The van der Waals surface area contributed by atoms with Gasteiger partial charge in [-0.25, -0.2) is 4.68 Å². The second-order valence-corrected chi connectivity index (χ2v) is 7.88. The number of benzene rings is 2. The van der Waals surface area contributed by atoms with E-state index in [1.165, 1.54) is 10.6 Å². The zero-order valence-electron chi connectivity index (χ0n) is 17.4. The molecule has 2 N–H and O–H groups in total. The van der Waals surface area contributed by atoms with Gasteiger partial charge in [-0.2, -0.15) is 5.10 Å². The summed E-state index contributed by atoms with van der Waals surface area (Å²) in [5.41, 5.74) is 9.25. The van der Waals surface area contributed by atoms with E-state index in [2.05, 4.69) is 18.9 Å². The van der Waals surface area contributed by atoms with Crippen molar-refractivity contribution in [1.82, 2.24) is 14.3 Å². The van der Waals surface area contributed by atoms with Crippen molar-refractivity contribution in [2.75, 3.05) is 0 Å². The molecular formula is C24H26N4O2. The highest BCUT2D eigenvalue weighted by molar-refractivity contribution is 5.81. The Morgan fingerprint density at radius 2 is 1.80 bits per heavy atom. The van der Waals surface area contributed by atoms with Crippen LogP contribution in [0.5, 0.6) is 5.75 Å². The van der Waals surface area contributed by atoms with Gasteiger partial charge in [0.1, 0.15) is 11.9 Å². The van der Waals surface area contributed by atoms with Gasteiger partial charge in [0, 0.05) is 30.7 Å². The fourth-order valence-electron chi connectivity index (χ4n) is 3.50. The van der Waals surface area contributed by atoms with Gasteiger partial charge in [-0.1, -0.05) is 44.2 Å². The Labute approximate surface area is 175 Å². The Morgan fingerprint density at radius 1 is 1.03 bits per heavy atom. The minimum absolute atomic E-state index is 0.0562. The first-order chi connectivity index (χ1) is 14.4. The predicted molar refractivity (Wildman–Crippen MR) is 119 cm³/mol. The lowest BCUT2D eigenvalue weighted by Gasteiger charge is -2.28. The van der Waals surface area contributed by atoms with E-state index in [1.54, 1.807) is 25.5 Å². The summed E-state index contributed by atoms with van der Waals surface area (Å²) in [6.07, 6.45) is 3.32. The lowest BCUT2D eigenvalue weighted by Crippen LogP contribution is -2.36. The maximum Gasteiger partial charge on any atom is 0.250 e. The van der Waals surface area contributed by atoms with E-state index in [0.717, 1.165) is 27.9 Å². The number of fused-ring (bicyclic) bond motifs is 1. The normalized spacial score (nSPS) is 13.5. The molecule has 0 aliphatic carbocycles. The highest BCUT2D eigenvalue weighted by Crippen LogP contribution is 2.30. The Hall–Kier alpha value is -3.38. The van der Waals surface area contributed by atoms with Crippen molar-refractivity contribution >= 4 is 10.9 Å². The van der Waals surface area contributed by atoms with Crippen LogP contribution in [0, 0.1) is 5.92 Å². The van der Waals surface area contributed by atoms with Gasteiger partial charge in [0.05, 0.1) is 17.4 Å². The van der Waals surface area contributed by atoms with E-state index < -0.39 is 0 Å². The molecule has 0 amide bonds. The number of aryl methyl sites for hydroxylation is 1. The average Bonchev–Trinajstić information content (AvgIpc) is 3.17. The summed E-state index contributed by atoms with van der Waals surface area (Å²) in [6, 6.07) is 19.1. The van der Waals surface area contributed by atoms with Gasteiger partial charge < -0.3 is 15.0 Å². The molecule has 4 rings (SSSR count). The molecule has 0 saturated carbocycles. The van der Waals surface area contributed by atoms with Crippen molar-refractivity contribution in [2.24, 2.45) is 18.7 Å². The molecule has 0 fully saturated rings. The third-order valence-corrected chi connectivity index (χ3v) is 5.36. The van der Waals surface area contributed by atoms with Crippen LogP contribution in [0.3, 0.4) is 0 Å². The number of nitrogens with zero attached hydrogens (tertiary/aromatic N) is 3. The lowest BCUT2D eigenvalue weighted by molar-refractivity contribution is 0.151. The van der Waals surface area contributed by atoms with Crippen molar-refractivity contribution in [3.63, 3.8) is 0 Å². The van der Waals surface area contributed by atoms with Crippen molar-refractivity contribution in [2.45, 2.75) is 26.0 Å². The van der Waals surface area contributed by atoms with Gasteiger partial charge in [-0.3, -0.25) is 4.79 Å². The number of hydrogen-bond acceptors (Lipinski definition) is 4. The van der Waals surface area contributed by atoms with Gasteiger partial charge in [-0.05, 0) is 35.7 Å². The number of aromatic nitrogens is 3. The standard InChI is InChI=1S/C24H26N4O2/c1-16(2)23(25)24(17-7-5-4-6-8-17)30-20-10-11-21-18(13-20)14-26-28(21)19-9-12-22(29)27(3)15-19/h4-16,23-24H,25H2,1-3H3/t23-,24+/m0/s1. The summed E-state index contributed by atoms with van der Waals surface area (Å²) in [7, 11) is 1.73. The molecule has 0 radical (unpaired) electrons. The van der Waals surface area contributed by atoms with E-state index in [4.69, 9.17) is 10.5 Å². The molecule has 0 unspecified atom stereocenters. The van der Waals surface area contributed by atoms with Crippen molar-refractivity contribution in [1.29, 1.82) is 0 Å². The number of hydrogen-bond donors (Lipinski definition) is 1. The molecule has 0 bridgehead atoms. The van der Waals surface area contributed by atoms with Gasteiger partial charge in [0.2, 0.25) is 5.56 Å². The first-order valence-electron chi connectivity index (χ1n) is 10.1. The van der Waals surface area contributed by atoms with E-state index in [9.17, 15) is 4.79 Å². The number of ether oxygens (including phenoxy) is 1. The minimum atomic E-state index is -0.248. The molecular weight excluding hydrogens is 376 g/mol. The summed E-state index contributed by atoms with van der Waals surface area (Å²) in [4.78, 5) is 11.7. The third kappa shape index (κ3) is 3.86. The Bertz CT molecular complexity index is 1210. The van der Waals surface area contributed by atoms with Crippen molar-refractivity contribution in [3.8, 4) is 11.4 Å². The molecule has 6 nitrogen and oxygen atoms in total. The SMILES string of the molecule is CC(C)[C@H](N)[C@H](Oc1ccc2c(cnn2-c2ccc(=O)n(C)c2)c1)c1ccccc1. The first kappa shape index (κ1) is 19.9. The number of pyridine rings is 1. The molecule has 4 aromatic rings. The maximum absolute atomic E-state index is 11.7. The monoisotopic (exact) mass is 402 g/mol. The fourth-order valence-corrected chi connectivity index (χ4v) is 3.50. The summed E-state index contributed by atoms with van der Waals surface area (Å²) < 4.78 is 9.73. The molecule has 6 heteroatoms. The van der Waals surface area contributed by atoms with E-state index >= 15 is 0 Å². The molecule has 2 aromatic heterocycles. The number of nitrogens with two attached hydrogens (primary N) is 1. The number of rotatable bonds is 6. The molecule has 0 aliphatic heterocycles. The zero-order valence-corrected chi connectivity index (χ0v) is 17.4. The summed E-state index contributed by atoms with van der Waals surface area (Å²) >= 11 is 0. The molecule has 2 aromatic carbocycles. The Kier molecular flexibility index (Phi) is 5.42. The van der Waals surface area contributed by atoms with E-state index in [1.807, 2.05) is 53.2 Å². The van der Waals surface area contributed by atoms with Crippen LogP contribution < -0.4 is 16.0 Å². The Morgan fingerprint density at radius 3 is 2.50 bits per heavy atom. The third-order valence-electron chi connectivity index (χ3n) is 5.36. The van der Waals surface area contributed by atoms with Crippen LogP contribution in [0.1, 0.15) is 25.5 Å². The minimum Gasteiger partial charge on any atom is -0.484 e. The van der Waals surface area contributed by atoms with Gasteiger partial charge in [-0.15, -0.1) is 0 Å². The first-order valence-corrected chi connectivity index (χ1v) is 10.1. The van der Waals surface area contributed by atoms with Crippen LogP contribution in [0.2, 0.25) is 0 Å². The molecule has 2 atom stereocenters. The van der Waals surface area contributed by atoms with Gasteiger partial charge >= 0.3 is 0 Å². The van der Waals surface area contributed by atoms with Crippen molar-refractivity contribution < 1.29 is 4.74 Å². The maximum atomic E-state index is 11.7. The second kappa shape index (κ2) is 8.16. The van der Waals surface area contributed by atoms with Crippen LogP contribution >= 0.6 is 0 Å². The summed E-state index contributed by atoms with van der Waals surface area (Å²) in [5.74, 6) is 1.01. The van der Waals surface area contributed by atoms with Crippen molar-refractivity contribution in [3.05, 3.63) is 89.0 Å². The molecule has 154 valence electrons. The molecule has 0 saturated heterocycles. The quantitative estimate of drug-likeness (QED) is 0.532. The summed E-state index contributed by atoms with van der Waals surface area (Å²) in [6.45, 7) is 4.20. The fraction of sp³-hybridized carbons (Fsp3) is 0.250. The average molecular weight is 402 g/mol. The zero-order chi connectivity index (χ0) is 21.3. The highest BCUT2D eigenvalue weighted by Gasteiger charge is 2.24.